The van der Waals surface area contributed by atoms with E-state index < -0.39 is 0 Å². The Kier molecular flexibility index (Phi) is 7.06. The molecule has 0 saturated carbocycles. The summed E-state index contributed by atoms with van der Waals surface area (Å²) in [6, 6.07) is 2.08. The van der Waals surface area contributed by atoms with Crippen LogP contribution >= 0.6 is 11.8 Å². The summed E-state index contributed by atoms with van der Waals surface area (Å²) in [5.41, 5.74) is 0. The fourth-order valence-electron chi connectivity index (χ4n) is 1.89. The Balaban J connectivity index is 2.24. The maximum Gasteiger partial charge on any atom is 0.232 e. The SMILES string of the molecule is CCN(CCC#N)C(=O)CSC1CCNCC1. The normalized spacial score (nSPS) is 16.5. The van der Waals surface area contributed by atoms with Gasteiger partial charge in [-0.3, -0.25) is 4.79 Å². The van der Waals surface area contributed by atoms with Crippen LogP contribution in [0.4, 0.5) is 0 Å². The average molecular weight is 255 g/mol. The van der Waals surface area contributed by atoms with E-state index >= 15 is 0 Å². The molecule has 0 aromatic rings. The summed E-state index contributed by atoms with van der Waals surface area (Å²) in [4.78, 5) is 13.7. The third-order valence-electron chi connectivity index (χ3n) is 2.96. The Morgan fingerprint density at radius 3 is 2.82 bits per heavy atom. The lowest BCUT2D eigenvalue weighted by Gasteiger charge is -2.24. The zero-order chi connectivity index (χ0) is 12.5. The number of nitrogens with zero attached hydrogens (tertiary/aromatic N) is 2. The Morgan fingerprint density at radius 1 is 1.53 bits per heavy atom. The van der Waals surface area contributed by atoms with E-state index in [0.717, 1.165) is 25.9 Å². The van der Waals surface area contributed by atoms with Gasteiger partial charge in [-0.1, -0.05) is 0 Å². The minimum Gasteiger partial charge on any atom is -0.341 e. The van der Waals surface area contributed by atoms with Gasteiger partial charge in [0.2, 0.25) is 5.91 Å². The number of thioether (sulfide) groups is 1. The van der Waals surface area contributed by atoms with Crippen LogP contribution in [-0.4, -0.2) is 48.0 Å². The summed E-state index contributed by atoms with van der Waals surface area (Å²) in [7, 11) is 0. The minimum absolute atomic E-state index is 0.172. The highest BCUT2D eigenvalue weighted by molar-refractivity contribution is 8.00. The average Bonchev–Trinajstić information content (AvgIpc) is 2.38. The van der Waals surface area contributed by atoms with E-state index in [2.05, 4.69) is 11.4 Å². The molecule has 0 aliphatic carbocycles. The van der Waals surface area contributed by atoms with Gasteiger partial charge in [0, 0.05) is 18.3 Å². The standard InChI is InChI=1S/C12H21N3OS/c1-2-15(9-3-6-13)12(16)10-17-11-4-7-14-8-5-11/h11,14H,2-5,7-10H2,1H3. The fourth-order valence-corrected chi connectivity index (χ4v) is 3.02. The summed E-state index contributed by atoms with van der Waals surface area (Å²) in [6.07, 6.45) is 2.74. The molecule has 96 valence electrons. The van der Waals surface area contributed by atoms with Crippen LogP contribution in [0.3, 0.4) is 0 Å². The number of hydrogen-bond acceptors (Lipinski definition) is 4. The summed E-state index contributed by atoms with van der Waals surface area (Å²) >= 11 is 1.77. The number of rotatable bonds is 6. The molecule has 1 N–H and O–H groups in total. The number of hydrogen-bond donors (Lipinski definition) is 1. The van der Waals surface area contributed by atoms with Gasteiger partial charge >= 0.3 is 0 Å². The zero-order valence-corrected chi connectivity index (χ0v) is 11.3. The first-order chi connectivity index (χ1) is 8.27. The third-order valence-corrected chi connectivity index (χ3v) is 4.31. The Morgan fingerprint density at radius 2 is 2.24 bits per heavy atom. The highest BCUT2D eigenvalue weighted by Gasteiger charge is 2.17. The molecule has 0 unspecified atom stereocenters. The third kappa shape index (κ3) is 5.42. The molecular formula is C12H21N3OS. The number of nitrogens with one attached hydrogen (secondary N) is 1. The van der Waals surface area contributed by atoms with E-state index in [1.165, 1.54) is 0 Å². The summed E-state index contributed by atoms with van der Waals surface area (Å²) in [5.74, 6) is 0.732. The molecule has 1 aliphatic rings. The highest BCUT2D eigenvalue weighted by atomic mass is 32.2. The number of amides is 1. The number of piperidine rings is 1. The van der Waals surface area contributed by atoms with Crippen LogP contribution in [0.5, 0.6) is 0 Å². The number of carbonyl (C=O) groups is 1. The first-order valence-electron chi connectivity index (χ1n) is 6.25. The highest BCUT2D eigenvalue weighted by Crippen LogP contribution is 2.20. The van der Waals surface area contributed by atoms with Crippen LogP contribution in [0.2, 0.25) is 0 Å². The first kappa shape index (κ1) is 14.3. The van der Waals surface area contributed by atoms with Gasteiger partial charge in [-0.2, -0.15) is 5.26 Å². The monoisotopic (exact) mass is 255 g/mol. The van der Waals surface area contributed by atoms with Gasteiger partial charge < -0.3 is 10.2 Å². The van der Waals surface area contributed by atoms with E-state index in [9.17, 15) is 4.79 Å². The lowest BCUT2D eigenvalue weighted by atomic mass is 10.2. The number of carbonyl (C=O) groups excluding carboxylic acids is 1. The summed E-state index contributed by atoms with van der Waals surface area (Å²) in [5, 5.41) is 12.5. The molecular weight excluding hydrogens is 234 g/mol. The van der Waals surface area contributed by atoms with Crippen molar-refractivity contribution in [2.45, 2.75) is 31.4 Å². The smallest absolute Gasteiger partial charge is 0.232 e. The predicted octanol–water partition coefficient (Wildman–Crippen LogP) is 1.23. The topological polar surface area (TPSA) is 56.1 Å². The molecule has 1 aliphatic heterocycles. The number of nitriles is 1. The molecule has 0 bridgehead atoms. The fraction of sp³-hybridized carbons (Fsp3) is 0.833. The molecule has 1 fully saturated rings. The largest absolute Gasteiger partial charge is 0.341 e. The van der Waals surface area contributed by atoms with Crippen molar-refractivity contribution in [1.29, 1.82) is 5.26 Å². The van der Waals surface area contributed by atoms with Gasteiger partial charge in [0.05, 0.1) is 18.2 Å². The van der Waals surface area contributed by atoms with E-state index in [1.807, 2.05) is 6.92 Å². The van der Waals surface area contributed by atoms with Crippen molar-refractivity contribution in [2.75, 3.05) is 31.9 Å². The van der Waals surface area contributed by atoms with E-state index in [4.69, 9.17) is 5.26 Å². The maximum atomic E-state index is 11.9. The van der Waals surface area contributed by atoms with Crippen molar-refractivity contribution in [3.05, 3.63) is 0 Å². The predicted molar refractivity (Wildman–Crippen MR) is 70.8 cm³/mol. The van der Waals surface area contributed by atoms with Crippen molar-refractivity contribution >= 4 is 17.7 Å². The van der Waals surface area contributed by atoms with Crippen molar-refractivity contribution < 1.29 is 4.79 Å². The first-order valence-corrected chi connectivity index (χ1v) is 7.29. The van der Waals surface area contributed by atoms with Crippen molar-refractivity contribution in [3.8, 4) is 6.07 Å². The van der Waals surface area contributed by atoms with Gasteiger partial charge in [-0.05, 0) is 32.9 Å². The van der Waals surface area contributed by atoms with E-state index in [-0.39, 0.29) is 5.91 Å². The Hall–Kier alpha value is -0.730. The second kappa shape index (κ2) is 8.37. The van der Waals surface area contributed by atoms with Crippen LogP contribution < -0.4 is 5.32 Å². The van der Waals surface area contributed by atoms with Crippen LogP contribution in [0.1, 0.15) is 26.2 Å². The van der Waals surface area contributed by atoms with Crippen LogP contribution in [0, 0.1) is 11.3 Å². The van der Waals surface area contributed by atoms with Crippen LogP contribution in [0.15, 0.2) is 0 Å². The van der Waals surface area contributed by atoms with Gasteiger partial charge in [-0.25, -0.2) is 0 Å². The molecule has 0 atom stereocenters. The van der Waals surface area contributed by atoms with E-state index in [1.54, 1.807) is 16.7 Å². The Labute approximate surface area is 108 Å². The molecule has 1 amide bonds. The molecule has 0 spiro atoms. The van der Waals surface area contributed by atoms with Crippen molar-refractivity contribution in [3.63, 3.8) is 0 Å². The van der Waals surface area contributed by atoms with Gasteiger partial charge in [-0.15, -0.1) is 11.8 Å². The second-order valence-electron chi connectivity index (χ2n) is 4.14. The molecule has 4 nitrogen and oxygen atoms in total. The molecule has 1 rings (SSSR count). The molecule has 0 radical (unpaired) electrons. The lowest BCUT2D eigenvalue weighted by Crippen LogP contribution is -2.34. The molecule has 5 heteroatoms. The second-order valence-corrected chi connectivity index (χ2v) is 5.43. The Bertz CT molecular complexity index is 271. The quantitative estimate of drug-likeness (QED) is 0.775. The zero-order valence-electron chi connectivity index (χ0n) is 10.4. The van der Waals surface area contributed by atoms with Crippen molar-refractivity contribution in [1.82, 2.24) is 10.2 Å². The summed E-state index contributed by atoms with van der Waals surface area (Å²) in [6.45, 7) is 5.37. The minimum atomic E-state index is 0.172. The molecule has 0 aromatic carbocycles. The van der Waals surface area contributed by atoms with E-state index in [0.29, 0.717) is 30.5 Å². The van der Waals surface area contributed by atoms with Gasteiger partial charge in [0.15, 0.2) is 0 Å². The van der Waals surface area contributed by atoms with Crippen molar-refractivity contribution in [2.24, 2.45) is 0 Å². The molecule has 1 heterocycles. The molecule has 0 aromatic heterocycles. The molecule has 17 heavy (non-hydrogen) atoms. The maximum absolute atomic E-state index is 11.9. The van der Waals surface area contributed by atoms with Crippen LogP contribution in [0.25, 0.3) is 0 Å². The lowest BCUT2D eigenvalue weighted by molar-refractivity contribution is -0.128. The van der Waals surface area contributed by atoms with Crippen LogP contribution in [-0.2, 0) is 4.79 Å². The van der Waals surface area contributed by atoms with Gasteiger partial charge in [0.1, 0.15) is 0 Å². The van der Waals surface area contributed by atoms with Gasteiger partial charge in [0.25, 0.3) is 0 Å². The molecule has 1 saturated heterocycles. The summed E-state index contributed by atoms with van der Waals surface area (Å²) < 4.78 is 0.